The van der Waals surface area contributed by atoms with Gasteiger partial charge >= 0.3 is 0 Å². The molecule has 0 aliphatic carbocycles. The van der Waals surface area contributed by atoms with Crippen LogP contribution in [-0.2, 0) is 4.79 Å². The van der Waals surface area contributed by atoms with Crippen molar-refractivity contribution < 1.29 is 4.79 Å². The summed E-state index contributed by atoms with van der Waals surface area (Å²) in [6.45, 7) is 9.55. The van der Waals surface area contributed by atoms with Gasteiger partial charge < -0.3 is 15.5 Å². The van der Waals surface area contributed by atoms with Gasteiger partial charge in [0.05, 0.1) is 6.54 Å². The summed E-state index contributed by atoms with van der Waals surface area (Å²) in [5.41, 5.74) is 0. The Labute approximate surface area is 140 Å². The molecule has 1 rings (SSSR count). The predicted molar refractivity (Wildman–Crippen MR) is 94.7 cm³/mol. The lowest BCUT2D eigenvalue weighted by molar-refractivity contribution is -0.129. The van der Waals surface area contributed by atoms with Gasteiger partial charge in [0.25, 0.3) is 0 Å². The molecule has 0 radical (unpaired) electrons. The molecule has 1 unspecified atom stereocenters. The number of guanidine groups is 1. The van der Waals surface area contributed by atoms with Crippen LogP contribution in [0.5, 0.6) is 0 Å². The number of aliphatic imine (C=N–C) groups is 1. The second kappa shape index (κ2) is 11.2. The third kappa shape index (κ3) is 7.31. The zero-order chi connectivity index (χ0) is 14.1. The van der Waals surface area contributed by atoms with Gasteiger partial charge in [0.1, 0.15) is 0 Å². The van der Waals surface area contributed by atoms with Gasteiger partial charge in [-0.1, -0.05) is 6.92 Å². The minimum atomic E-state index is 0. The summed E-state index contributed by atoms with van der Waals surface area (Å²) in [4.78, 5) is 18.3. The van der Waals surface area contributed by atoms with Crippen molar-refractivity contribution in [3.63, 3.8) is 0 Å². The molecule has 1 heterocycles. The molecular weight excluding hydrogens is 367 g/mol. The first-order valence-corrected chi connectivity index (χ1v) is 7.50. The highest BCUT2D eigenvalue weighted by Gasteiger charge is 2.16. The van der Waals surface area contributed by atoms with Crippen molar-refractivity contribution in [3.8, 4) is 0 Å². The molecular formula is C14H29IN4O. The zero-order valence-electron chi connectivity index (χ0n) is 12.9. The lowest BCUT2D eigenvalue weighted by Gasteiger charge is -2.17. The summed E-state index contributed by atoms with van der Waals surface area (Å²) < 4.78 is 0. The second-order valence-electron chi connectivity index (χ2n) is 5.05. The summed E-state index contributed by atoms with van der Waals surface area (Å²) in [7, 11) is 0. The Balaban J connectivity index is 0.00000361. The normalized spacial score (nSPS) is 16.6. The molecule has 6 heteroatoms. The van der Waals surface area contributed by atoms with Crippen LogP contribution in [0.4, 0.5) is 0 Å². The molecule has 1 fully saturated rings. The van der Waals surface area contributed by atoms with E-state index in [4.69, 9.17) is 0 Å². The second-order valence-corrected chi connectivity index (χ2v) is 5.05. The molecule has 1 atom stereocenters. The molecule has 0 aromatic carbocycles. The first-order valence-electron chi connectivity index (χ1n) is 7.50. The first kappa shape index (κ1) is 19.5. The number of halogens is 1. The number of carbonyl (C=O) groups excluding carboxylic acids is 1. The Hall–Kier alpha value is -0.530. The van der Waals surface area contributed by atoms with Crippen LogP contribution in [0.25, 0.3) is 0 Å². The third-order valence-electron chi connectivity index (χ3n) is 3.39. The molecule has 0 spiro atoms. The number of hydrogen-bond acceptors (Lipinski definition) is 2. The lowest BCUT2D eigenvalue weighted by Crippen LogP contribution is -2.42. The van der Waals surface area contributed by atoms with Crippen LogP contribution in [0.15, 0.2) is 4.99 Å². The van der Waals surface area contributed by atoms with Crippen molar-refractivity contribution in [2.24, 2.45) is 4.99 Å². The number of rotatable bonds is 6. The third-order valence-corrected chi connectivity index (χ3v) is 3.39. The maximum atomic E-state index is 11.9. The molecule has 20 heavy (non-hydrogen) atoms. The SMILES string of the molecule is CCNC(=NCCC(=O)N1CCCC1)NC(C)CC.I. The summed E-state index contributed by atoms with van der Waals surface area (Å²) in [5, 5.41) is 6.53. The highest BCUT2D eigenvalue weighted by molar-refractivity contribution is 14.0. The number of nitrogens with one attached hydrogen (secondary N) is 2. The minimum Gasteiger partial charge on any atom is -0.357 e. The summed E-state index contributed by atoms with van der Waals surface area (Å²) in [5.74, 6) is 1.05. The van der Waals surface area contributed by atoms with Gasteiger partial charge in [0.15, 0.2) is 5.96 Å². The van der Waals surface area contributed by atoms with E-state index in [1.807, 2.05) is 11.8 Å². The Bertz CT molecular complexity index is 304. The van der Waals surface area contributed by atoms with Crippen molar-refractivity contribution in [1.29, 1.82) is 0 Å². The van der Waals surface area contributed by atoms with Crippen LogP contribution in [-0.4, -0.2) is 49.0 Å². The fourth-order valence-corrected chi connectivity index (χ4v) is 2.04. The van der Waals surface area contributed by atoms with Crippen LogP contribution in [0.1, 0.15) is 46.5 Å². The first-order chi connectivity index (χ1) is 9.17. The topological polar surface area (TPSA) is 56.7 Å². The van der Waals surface area contributed by atoms with Gasteiger partial charge in [0.2, 0.25) is 5.91 Å². The van der Waals surface area contributed by atoms with Crippen molar-refractivity contribution in [3.05, 3.63) is 0 Å². The molecule has 2 N–H and O–H groups in total. The molecule has 1 saturated heterocycles. The average Bonchev–Trinajstić information content (AvgIpc) is 2.92. The summed E-state index contributed by atoms with van der Waals surface area (Å²) in [6.07, 6.45) is 3.86. The number of nitrogens with zero attached hydrogens (tertiary/aromatic N) is 2. The van der Waals surface area contributed by atoms with E-state index in [1.54, 1.807) is 0 Å². The van der Waals surface area contributed by atoms with E-state index in [-0.39, 0.29) is 29.9 Å². The quantitative estimate of drug-likeness (QED) is 0.410. The molecule has 0 saturated carbocycles. The highest BCUT2D eigenvalue weighted by atomic mass is 127. The van der Waals surface area contributed by atoms with Gasteiger partial charge in [-0.15, -0.1) is 24.0 Å². The van der Waals surface area contributed by atoms with E-state index >= 15 is 0 Å². The van der Waals surface area contributed by atoms with Gasteiger partial charge in [-0.3, -0.25) is 9.79 Å². The molecule has 1 amide bonds. The Morgan fingerprint density at radius 3 is 2.50 bits per heavy atom. The number of amides is 1. The van der Waals surface area contributed by atoms with Gasteiger partial charge in [-0.25, -0.2) is 0 Å². The van der Waals surface area contributed by atoms with Crippen LogP contribution in [0, 0.1) is 0 Å². The summed E-state index contributed by atoms with van der Waals surface area (Å²) >= 11 is 0. The standard InChI is InChI=1S/C14H28N4O.HI/c1-4-12(3)17-14(15-5-2)16-9-8-13(19)18-10-6-7-11-18;/h12H,4-11H2,1-3H3,(H2,15,16,17);1H. The van der Waals surface area contributed by atoms with Gasteiger partial charge in [0, 0.05) is 32.1 Å². The van der Waals surface area contributed by atoms with E-state index in [9.17, 15) is 4.79 Å². The Kier molecular flexibility index (Phi) is 10.9. The molecule has 0 aromatic rings. The molecule has 5 nitrogen and oxygen atoms in total. The largest absolute Gasteiger partial charge is 0.357 e. The van der Waals surface area contributed by atoms with Gasteiger partial charge in [-0.2, -0.15) is 0 Å². The highest BCUT2D eigenvalue weighted by Crippen LogP contribution is 2.08. The van der Waals surface area contributed by atoms with Crippen LogP contribution in [0.2, 0.25) is 0 Å². The number of likely N-dealkylation sites (tertiary alicyclic amines) is 1. The molecule has 118 valence electrons. The smallest absolute Gasteiger partial charge is 0.224 e. The maximum Gasteiger partial charge on any atom is 0.224 e. The van der Waals surface area contributed by atoms with Crippen LogP contribution >= 0.6 is 24.0 Å². The van der Waals surface area contributed by atoms with Crippen molar-refractivity contribution >= 4 is 35.8 Å². The van der Waals surface area contributed by atoms with E-state index < -0.39 is 0 Å². The van der Waals surface area contributed by atoms with Gasteiger partial charge in [-0.05, 0) is 33.1 Å². The lowest BCUT2D eigenvalue weighted by atomic mass is 10.3. The van der Waals surface area contributed by atoms with Crippen molar-refractivity contribution in [2.75, 3.05) is 26.2 Å². The fourth-order valence-electron chi connectivity index (χ4n) is 2.04. The Morgan fingerprint density at radius 2 is 1.95 bits per heavy atom. The number of carbonyl (C=O) groups is 1. The maximum absolute atomic E-state index is 11.9. The molecule has 0 aromatic heterocycles. The molecule has 0 bridgehead atoms. The van der Waals surface area contributed by atoms with E-state index in [2.05, 4.69) is 29.5 Å². The predicted octanol–water partition coefficient (Wildman–Crippen LogP) is 1.97. The molecule has 1 aliphatic rings. The van der Waals surface area contributed by atoms with E-state index in [0.717, 1.165) is 44.9 Å². The molecule has 1 aliphatic heterocycles. The van der Waals surface area contributed by atoms with Crippen LogP contribution < -0.4 is 10.6 Å². The van der Waals surface area contributed by atoms with Crippen molar-refractivity contribution in [1.82, 2.24) is 15.5 Å². The van der Waals surface area contributed by atoms with Crippen LogP contribution in [0.3, 0.4) is 0 Å². The number of hydrogen-bond donors (Lipinski definition) is 2. The minimum absolute atomic E-state index is 0. The zero-order valence-corrected chi connectivity index (χ0v) is 15.3. The van der Waals surface area contributed by atoms with Crippen molar-refractivity contribution in [2.45, 2.75) is 52.5 Å². The Morgan fingerprint density at radius 1 is 1.30 bits per heavy atom. The van der Waals surface area contributed by atoms with E-state index in [0.29, 0.717) is 19.0 Å². The fraction of sp³-hybridized carbons (Fsp3) is 0.857. The van der Waals surface area contributed by atoms with E-state index in [1.165, 1.54) is 0 Å². The summed E-state index contributed by atoms with van der Waals surface area (Å²) in [6, 6.07) is 0.395. The monoisotopic (exact) mass is 396 g/mol. The average molecular weight is 396 g/mol.